The second-order valence-electron chi connectivity index (χ2n) is 4.36. The van der Waals surface area contributed by atoms with E-state index in [0.717, 1.165) is 12.8 Å². The Morgan fingerprint density at radius 3 is 2.42 bits per heavy atom. The number of hydrogen-bond donors (Lipinski definition) is 3. The molecule has 0 radical (unpaired) electrons. The molecule has 0 spiro atoms. The lowest BCUT2D eigenvalue weighted by Gasteiger charge is -2.24. The second kappa shape index (κ2) is 6.93. The van der Waals surface area contributed by atoms with Crippen molar-refractivity contribution < 1.29 is 29.3 Å². The monoisotopic (exact) mass is 274 g/mol. The molecule has 2 amide bonds. The van der Waals surface area contributed by atoms with Crippen LogP contribution in [-0.2, 0) is 14.3 Å². The molecular formula is C11H18N2O6. The first-order chi connectivity index (χ1) is 8.95. The summed E-state index contributed by atoms with van der Waals surface area (Å²) < 4.78 is 4.89. The van der Waals surface area contributed by atoms with Crippen molar-refractivity contribution in [1.82, 2.24) is 10.2 Å². The molecule has 1 aliphatic carbocycles. The second-order valence-corrected chi connectivity index (χ2v) is 4.36. The first-order valence-electron chi connectivity index (χ1n) is 5.96. The van der Waals surface area contributed by atoms with E-state index in [0.29, 0.717) is 13.2 Å². The number of urea groups is 1. The van der Waals surface area contributed by atoms with E-state index in [-0.39, 0.29) is 6.04 Å². The average molecular weight is 274 g/mol. The van der Waals surface area contributed by atoms with Crippen molar-refractivity contribution in [2.75, 3.05) is 20.3 Å². The van der Waals surface area contributed by atoms with E-state index in [1.165, 1.54) is 12.0 Å². The Labute approximate surface area is 110 Å². The maximum Gasteiger partial charge on any atom is 0.326 e. The molecule has 0 bridgehead atoms. The fourth-order valence-electron chi connectivity index (χ4n) is 1.63. The van der Waals surface area contributed by atoms with Crippen molar-refractivity contribution in [2.45, 2.75) is 31.3 Å². The van der Waals surface area contributed by atoms with E-state index in [1.54, 1.807) is 0 Å². The predicted molar refractivity (Wildman–Crippen MR) is 63.8 cm³/mol. The Bertz CT molecular complexity index is 355. The number of rotatable bonds is 8. The van der Waals surface area contributed by atoms with Crippen LogP contribution in [0.1, 0.15) is 19.3 Å². The van der Waals surface area contributed by atoms with Crippen LogP contribution in [0.2, 0.25) is 0 Å². The van der Waals surface area contributed by atoms with Gasteiger partial charge >= 0.3 is 18.0 Å². The van der Waals surface area contributed by atoms with Gasteiger partial charge in [0, 0.05) is 19.7 Å². The van der Waals surface area contributed by atoms with Gasteiger partial charge in [0.1, 0.15) is 6.04 Å². The molecule has 0 heterocycles. The molecule has 0 aromatic rings. The molecule has 8 heteroatoms. The minimum atomic E-state index is -1.42. The Kier molecular flexibility index (Phi) is 5.56. The smallest absolute Gasteiger partial charge is 0.326 e. The average Bonchev–Trinajstić information content (AvgIpc) is 3.12. The number of nitrogens with zero attached hydrogens (tertiary/aromatic N) is 1. The van der Waals surface area contributed by atoms with Crippen LogP contribution < -0.4 is 5.32 Å². The summed E-state index contributed by atoms with van der Waals surface area (Å²) in [6.45, 7) is 0.701. The Balaban J connectivity index is 2.57. The zero-order chi connectivity index (χ0) is 14.4. The van der Waals surface area contributed by atoms with Gasteiger partial charge in [0.05, 0.1) is 13.0 Å². The number of carbonyl (C=O) groups excluding carboxylic acids is 1. The number of aliphatic carboxylic acids is 2. The number of hydrogen-bond acceptors (Lipinski definition) is 4. The third-order valence-corrected chi connectivity index (χ3v) is 2.76. The number of carboxylic acid groups (broad SMARTS) is 2. The highest BCUT2D eigenvalue weighted by Gasteiger charge is 2.34. The van der Waals surface area contributed by atoms with Crippen LogP contribution in [0, 0.1) is 0 Å². The number of amides is 2. The lowest BCUT2D eigenvalue weighted by atomic mass is 10.2. The topological polar surface area (TPSA) is 116 Å². The van der Waals surface area contributed by atoms with Crippen LogP contribution in [0.4, 0.5) is 4.79 Å². The molecule has 0 unspecified atom stereocenters. The lowest BCUT2D eigenvalue weighted by molar-refractivity contribution is -0.145. The van der Waals surface area contributed by atoms with E-state index in [2.05, 4.69) is 5.32 Å². The van der Waals surface area contributed by atoms with Gasteiger partial charge in [-0.1, -0.05) is 0 Å². The zero-order valence-corrected chi connectivity index (χ0v) is 10.7. The van der Waals surface area contributed by atoms with Gasteiger partial charge in [-0.3, -0.25) is 4.79 Å². The predicted octanol–water partition coefficient (Wildman–Crippen LogP) is -0.265. The summed E-state index contributed by atoms with van der Waals surface area (Å²) in [5.74, 6) is -2.64. The largest absolute Gasteiger partial charge is 0.481 e. The van der Waals surface area contributed by atoms with Crippen LogP contribution in [-0.4, -0.2) is 65.4 Å². The van der Waals surface area contributed by atoms with Crippen LogP contribution in [0.5, 0.6) is 0 Å². The molecule has 0 saturated heterocycles. The van der Waals surface area contributed by atoms with E-state index >= 15 is 0 Å². The number of carboxylic acids is 2. The Hall–Kier alpha value is -1.83. The van der Waals surface area contributed by atoms with Crippen LogP contribution in [0.3, 0.4) is 0 Å². The van der Waals surface area contributed by atoms with Gasteiger partial charge in [-0.25, -0.2) is 9.59 Å². The van der Waals surface area contributed by atoms with E-state index < -0.39 is 30.4 Å². The molecule has 0 aromatic heterocycles. The third-order valence-electron chi connectivity index (χ3n) is 2.76. The summed E-state index contributed by atoms with van der Waals surface area (Å²) in [6.07, 6.45) is 1.09. The highest BCUT2D eigenvalue weighted by Crippen LogP contribution is 2.26. The van der Waals surface area contributed by atoms with Gasteiger partial charge in [-0.2, -0.15) is 0 Å². The molecule has 1 saturated carbocycles. The van der Waals surface area contributed by atoms with E-state index in [9.17, 15) is 14.4 Å². The van der Waals surface area contributed by atoms with Crippen LogP contribution >= 0.6 is 0 Å². The molecular weight excluding hydrogens is 256 g/mol. The number of nitrogens with one attached hydrogen (secondary N) is 1. The highest BCUT2D eigenvalue weighted by atomic mass is 16.5. The van der Waals surface area contributed by atoms with Crippen molar-refractivity contribution in [1.29, 1.82) is 0 Å². The Morgan fingerprint density at radius 1 is 1.37 bits per heavy atom. The fourth-order valence-corrected chi connectivity index (χ4v) is 1.63. The summed E-state index contributed by atoms with van der Waals surface area (Å²) in [5.41, 5.74) is 0. The van der Waals surface area contributed by atoms with Gasteiger partial charge < -0.3 is 25.2 Å². The van der Waals surface area contributed by atoms with Crippen LogP contribution in [0.25, 0.3) is 0 Å². The summed E-state index contributed by atoms with van der Waals surface area (Å²) in [7, 11) is 1.51. The molecule has 1 fully saturated rings. The minimum absolute atomic E-state index is 0.0921. The van der Waals surface area contributed by atoms with Crippen molar-refractivity contribution in [3.8, 4) is 0 Å². The van der Waals surface area contributed by atoms with E-state index in [1.807, 2.05) is 0 Å². The zero-order valence-electron chi connectivity index (χ0n) is 10.7. The number of methoxy groups -OCH3 is 1. The standard InChI is InChI=1S/C11H18N2O6/c1-19-5-4-13(7-2-3-7)11(18)12-8(10(16)17)6-9(14)15/h7-8H,2-6H2,1H3,(H,12,18)(H,14,15)(H,16,17)/t8-/m0/s1. The van der Waals surface area contributed by atoms with Crippen molar-refractivity contribution >= 4 is 18.0 Å². The molecule has 8 nitrogen and oxygen atoms in total. The Morgan fingerprint density at radius 2 is 2.00 bits per heavy atom. The molecule has 3 N–H and O–H groups in total. The fraction of sp³-hybridized carbons (Fsp3) is 0.727. The summed E-state index contributed by atoms with van der Waals surface area (Å²) in [6, 6.07) is -1.89. The molecule has 1 atom stereocenters. The van der Waals surface area contributed by atoms with Gasteiger partial charge in [0.25, 0.3) is 0 Å². The maximum atomic E-state index is 11.9. The van der Waals surface area contributed by atoms with Crippen LogP contribution in [0.15, 0.2) is 0 Å². The molecule has 0 aliphatic heterocycles. The molecule has 1 rings (SSSR count). The first kappa shape index (κ1) is 15.2. The molecule has 108 valence electrons. The van der Waals surface area contributed by atoms with E-state index in [4.69, 9.17) is 14.9 Å². The molecule has 1 aliphatic rings. The van der Waals surface area contributed by atoms with Gasteiger partial charge in [-0.15, -0.1) is 0 Å². The summed E-state index contributed by atoms with van der Waals surface area (Å²) >= 11 is 0. The highest BCUT2D eigenvalue weighted by molar-refractivity contribution is 5.86. The van der Waals surface area contributed by atoms with Gasteiger partial charge in [0.15, 0.2) is 0 Å². The first-order valence-corrected chi connectivity index (χ1v) is 5.96. The minimum Gasteiger partial charge on any atom is -0.481 e. The quantitative estimate of drug-likeness (QED) is 0.561. The normalized spacial score (nSPS) is 15.6. The molecule has 19 heavy (non-hydrogen) atoms. The lowest BCUT2D eigenvalue weighted by Crippen LogP contribution is -2.50. The third kappa shape index (κ3) is 5.12. The van der Waals surface area contributed by atoms with Crippen molar-refractivity contribution in [3.63, 3.8) is 0 Å². The van der Waals surface area contributed by atoms with Crippen molar-refractivity contribution in [2.24, 2.45) is 0 Å². The molecule has 0 aromatic carbocycles. The van der Waals surface area contributed by atoms with Crippen molar-refractivity contribution in [3.05, 3.63) is 0 Å². The number of ether oxygens (including phenoxy) is 1. The maximum absolute atomic E-state index is 11.9. The number of carbonyl (C=O) groups is 3. The van der Waals surface area contributed by atoms with Gasteiger partial charge in [0.2, 0.25) is 0 Å². The summed E-state index contributed by atoms with van der Waals surface area (Å²) in [5, 5.41) is 19.7. The summed E-state index contributed by atoms with van der Waals surface area (Å²) in [4.78, 5) is 34.8. The van der Waals surface area contributed by atoms with Gasteiger partial charge in [-0.05, 0) is 12.8 Å². The SMILES string of the molecule is COCCN(C(=O)N[C@@H](CC(=O)O)C(=O)O)C1CC1.